The molecule has 4 heteroatoms. The van der Waals surface area contributed by atoms with Gasteiger partial charge < -0.3 is 10.4 Å². The van der Waals surface area contributed by atoms with E-state index in [1.807, 2.05) is 19.1 Å². The Hall–Kier alpha value is -0.280. The van der Waals surface area contributed by atoms with Crippen LogP contribution in [0.25, 0.3) is 0 Å². The van der Waals surface area contributed by atoms with E-state index >= 15 is 0 Å². The molecule has 1 aromatic carbocycles. The van der Waals surface area contributed by atoms with Crippen LogP contribution in [-0.4, -0.2) is 17.8 Å². The summed E-state index contributed by atoms with van der Waals surface area (Å²) in [7, 11) is 0. The molecular weight excluding hydrogens is 269 g/mol. The number of rotatable bonds is 6. The van der Waals surface area contributed by atoms with Gasteiger partial charge in [-0.25, -0.2) is 0 Å². The lowest BCUT2D eigenvalue weighted by Crippen LogP contribution is -2.30. The van der Waals surface area contributed by atoms with E-state index in [4.69, 9.17) is 23.2 Å². The Balaban J connectivity index is 2.52. The summed E-state index contributed by atoms with van der Waals surface area (Å²) in [6.07, 6.45) is 0.479. The molecule has 0 aliphatic rings. The Labute approximate surface area is 119 Å². The monoisotopic (exact) mass is 289 g/mol. The Kier molecular flexibility index (Phi) is 6.44. The molecule has 0 aliphatic carbocycles. The molecule has 2 N–H and O–H groups in total. The second kappa shape index (κ2) is 7.34. The molecule has 0 amide bonds. The van der Waals surface area contributed by atoms with Crippen molar-refractivity contribution >= 4 is 23.2 Å². The summed E-state index contributed by atoms with van der Waals surface area (Å²) in [6.45, 7) is 6.79. The molecule has 1 rings (SSSR count). The zero-order valence-corrected chi connectivity index (χ0v) is 12.6. The molecule has 0 saturated heterocycles. The number of aliphatic hydroxyl groups excluding tert-OH is 1. The van der Waals surface area contributed by atoms with Gasteiger partial charge in [0.15, 0.2) is 0 Å². The molecule has 102 valence electrons. The highest BCUT2D eigenvalue weighted by Crippen LogP contribution is 2.26. The highest BCUT2D eigenvalue weighted by atomic mass is 35.5. The van der Waals surface area contributed by atoms with Gasteiger partial charge in [0.2, 0.25) is 0 Å². The van der Waals surface area contributed by atoms with E-state index in [2.05, 4.69) is 19.2 Å². The van der Waals surface area contributed by atoms with Gasteiger partial charge in [-0.1, -0.05) is 43.1 Å². The van der Waals surface area contributed by atoms with E-state index in [1.54, 1.807) is 6.07 Å². The van der Waals surface area contributed by atoms with Gasteiger partial charge in [-0.15, -0.1) is 0 Å². The van der Waals surface area contributed by atoms with Gasteiger partial charge in [-0.2, -0.15) is 0 Å². The minimum absolute atomic E-state index is 0.0941. The van der Waals surface area contributed by atoms with Gasteiger partial charge in [-0.3, -0.25) is 0 Å². The average molecular weight is 290 g/mol. The number of hydrogen-bond donors (Lipinski definition) is 2. The minimum Gasteiger partial charge on any atom is -0.392 e. The molecule has 1 aromatic rings. The molecule has 0 heterocycles. The predicted octanol–water partition coefficient (Wildman–Crippen LogP) is 4.05. The number of halogens is 2. The number of aliphatic hydroxyl groups is 1. The average Bonchev–Trinajstić information content (AvgIpc) is 2.25. The predicted molar refractivity (Wildman–Crippen MR) is 78.3 cm³/mol. The summed E-state index contributed by atoms with van der Waals surface area (Å²) in [4.78, 5) is 0. The van der Waals surface area contributed by atoms with Gasteiger partial charge in [0, 0.05) is 22.6 Å². The first kappa shape index (κ1) is 15.8. The largest absolute Gasteiger partial charge is 0.392 e. The first-order chi connectivity index (χ1) is 8.40. The van der Waals surface area contributed by atoms with Crippen LogP contribution in [0.4, 0.5) is 0 Å². The molecule has 0 aliphatic heterocycles. The lowest BCUT2D eigenvalue weighted by Gasteiger charge is -2.19. The fourth-order valence-corrected chi connectivity index (χ4v) is 2.48. The van der Waals surface area contributed by atoms with Crippen LogP contribution < -0.4 is 5.32 Å². The number of hydrogen-bond acceptors (Lipinski definition) is 2. The Morgan fingerprint density at radius 2 is 1.89 bits per heavy atom. The van der Waals surface area contributed by atoms with E-state index in [1.165, 1.54) is 0 Å². The Morgan fingerprint density at radius 3 is 2.44 bits per heavy atom. The SMILES string of the molecule is CC(C)CC(O)CNC(C)c1ccc(Cl)cc1Cl. The van der Waals surface area contributed by atoms with Gasteiger partial charge in [0.1, 0.15) is 0 Å². The van der Waals surface area contributed by atoms with Crippen LogP contribution in [0.3, 0.4) is 0 Å². The van der Waals surface area contributed by atoms with Crippen molar-refractivity contribution in [1.82, 2.24) is 5.32 Å². The number of benzene rings is 1. The second-order valence-electron chi connectivity index (χ2n) is 5.08. The van der Waals surface area contributed by atoms with Crippen molar-refractivity contribution in [2.24, 2.45) is 5.92 Å². The van der Waals surface area contributed by atoms with Gasteiger partial charge in [0.25, 0.3) is 0 Å². The third-order valence-electron chi connectivity index (χ3n) is 2.83. The molecule has 2 nitrogen and oxygen atoms in total. The highest BCUT2D eigenvalue weighted by Gasteiger charge is 2.12. The normalized spacial score (nSPS) is 14.8. The fraction of sp³-hybridized carbons (Fsp3) is 0.571. The van der Waals surface area contributed by atoms with Crippen LogP contribution in [0.5, 0.6) is 0 Å². The lowest BCUT2D eigenvalue weighted by atomic mass is 10.0. The summed E-state index contributed by atoms with van der Waals surface area (Å²) in [5.41, 5.74) is 0.998. The first-order valence-electron chi connectivity index (χ1n) is 6.26. The van der Waals surface area contributed by atoms with Crippen LogP contribution in [-0.2, 0) is 0 Å². The van der Waals surface area contributed by atoms with Crippen LogP contribution >= 0.6 is 23.2 Å². The third-order valence-corrected chi connectivity index (χ3v) is 3.39. The van der Waals surface area contributed by atoms with Crippen molar-refractivity contribution in [2.75, 3.05) is 6.54 Å². The van der Waals surface area contributed by atoms with Crippen molar-refractivity contribution in [2.45, 2.75) is 39.3 Å². The summed E-state index contributed by atoms with van der Waals surface area (Å²) >= 11 is 12.0. The van der Waals surface area contributed by atoms with Gasteiger partial charge in [-0.05, 0) is 37.0 Å². The van der Waals surface area contributed by atoms with Crippen LogP contribution in [0.1, 0.15) is 38.8 Å². The smallest absolute Gasteiger partial charge is 0.0667 e. The maximum Gasteiger partial charge on any atom is 0.0667 e. The van der Waals surface area contributed by atoms with Gasteiger partial charge in [0.05, 0.1) is 6.10 Å². The quantitative estimate of drug-likeness (QED) is 0.828. The van der Waals surface area contributed by atoms with Crippen LogP contribution in [0.2, 0.25) is 10.0 Å². The molecule has 2 unspecified atom stereocenters. The second-order valence-corrected chi connectivity index (χ2v) is 5.92. The van der Waals surface area contributed by atoms with Crippen LogP contribution in [0, 0.1) is 5.92 Å². The molecule has 0 radical (unpaired) electrons. The van der Waals surface area contributed by atoms with Crippen molar-refractivity contribution in [1.29, 1.82) is 0 Å². The summed E-state index contributed by atoms with van der Waals surface area (Å²) in [5, 5.41) is 14.4. The Morgan fingerprint density at radius 1 is 1.22 bits per heavy atom. The summed E-state index contributed by atoms with van der Waals surface area (Å²) in [5.74, 6) is 0.497. The van der Waals surface area contributed by atoms with E-state index in [0.29, 0.717) is 22.5 Å². The van der Waals surface area contributed by atoms with Crippen molar-refractivity contribution in [3.63, 3.8) is 0 Å². The van der Waals surface area contributed by atoms with Crippen LogP contribution in [0.15, 0.2) is 18.2 Å². The zero-order valence-electron chi connectivity index (χ0n) is 11.1. The van der Waals surface area contributed by atoms with E-state index in [0.717, 1.165) is 12.0 Å². The summed E-state index contributed by atoms with van der Waals surface area (Å²) < 4.78 is 0. The topological polar surface area (TPSA) is 32.3 Å². The van der Waals surface area contributed by atoms with Gasteiger partial charge >= 0.3 is 0 Å². The maximum absolute atomic E-state index is 9.81. The lowest BCUT2D eigenvalue weighted by molar-refractivity contribution is 0.143. The zero-order chi connectivity index (χ0) is 13.7. The molecule has 0 fully saturated rings. The molecule has 0 saturated carbocycles. The number of nitrogens with one attached hydrogen (secondary N) is 1. The molecule has 0 spiro atoms. The minimum atomic E-state index is -0.321. The third kappa shape index (κ3) is 5.15. The Bertz CT molecular complexity index is 382. The first-order valence-corrected chi connectivity index (χ1v) is 7.02. The van der Waals surface area contributed by atoms with Crippen molar-refractivity contribution in [3.8, 4) is 0 Å². The van der Waals surface area contributed by atoms with E-state index < -0.39 is 0 Å². The molecule has 0 aromatic heterocycles. The molecule has 2 atom stereocenters. The molecule has 0 bridgehead atoms. The van der Waals surface area contributed by atoms with Crippen molar-refractivity contribution < 1.29 is 5.11 Å². The summed E-state index contributed by atoms with van der Waals surface area (Å²) in [6, 6.07) is 5.57. The maximum atomic E-state index is 9.81. The fourth-order valence-electron chi connectivity index (χ4n) is 1.90. The van der Waals surface area contributed by atoms with Crippen molar-refractivity contribution in [3.05, 3.63) is 33.8 Å². The standard InChI is InChI=1S/C14H21Cl2NO/c1-9(2)6-12(18)8-17-10(3)13-5-4-11(15)7-14(13)16/h4-5,7,9-10,12,17-18H,6,8H2,1-3H3. The molecular formula is C14H21Cl2NO. The van der Waals surface area contributed by atoms with E-state index in [-0.39, 0.29) is 12.1 Å². The molecule has 18 heavy (non-hydrogen) atoms. The van der Waals surface area contributed by atoms with E-state index in [9.17, 15) is 5.11 Å². The highest BCUT2D eigenvalue weighted by molar-refractivity contribution is 6.35.